The Morgan fingerprint density at radius 1 is 1.38 bits per heavy atom. The molecule has 0 aromatic rings. The first kappa shape index (κ1) is 11.4. The van der Waals surface area contributed by atoms with Crippen LogP contribution in [0.4, 0.5) is 0 Å². The molecule has 88 valence electrons. The van der Waals surface area contributed by atoms with Crippen LogP contribution < -0.4 is 5.32 Å². The summed E-state index contributed by atoms with van der Waals surface area (Å²) in [6.07, 6.45) is 5.17. The van der Waals surface area contributed by atoms with Crippen molar-refractivity contribution in [1.29, 1.82) is 5.26 Å². The van der Waals surface area contributed by atoms with Crippen LogP contribution in [0.15, 0.2) is 0 Å². The van der Waals surface area contributed by atoms with Crippen molar-refractivity contribution < 1.29 is 4.79 Å². The lowest BCUT2D eigenvalue weighted by molar-refractivity contribution is -0.129. The van der Waals surface area contributed by atoms with Gasteiger partial charge in [-0.15, -0.1) is 0 Å². The molecule has 2 rings (SSSR count). The normalized spacial score (nSPS) is 21.8. The van der Waals surface area contributed by atoms with Gasteiger partial charge in [-0.25, -0.2) is 0 Å². The molecule has 0 unspecified atom stereocenters. The predicted octanol–water partition coefficient (Wildman–Crippen LogP) is 0.892. The highest BCUT2D eigenvalue weighted by molar-refractivity contribution is 5.78. The Balaban J connectivity index is 1.64. The minimum Gasteiger partial charge on any atom is -0.342 e. The smallest absolute Gasteiger partial charge is 0.236 e. The zero-order valence-electron chi connectivity index (χ0n) is 9.67. The molecule has 1 amide bonds. The summed E-state index contributed by atoms with van der Waals surface area (Å²) in [7, 11) is 0. The fourth-order valence-electron chi connectivity index (χ4n) is 2.27. The van der Waals surface area contributed by atoms with Crippen molar-refractivity contribution in [3.8, 4) is 6.07 Å². The average Bonchev–Trinajstić information content (AvgIpc) is 2.83. The van der Waals surface area contributed by atoms with Crippen LogP contribution >= 0.6 is 0 Å². The molecule has 1 saturated heterocycles. The molecular weight excluding hydrogens is 202 g/mol. The lowest BCUT2D eigenvalue weighted by atomic mass is 10.0. The maximum atomic E-state index is 11.7. The fraction of sp³-hybridized carbons (Fsp3) is 0.833. The van der Waals surface area contributed by atoms with Gasteiger partial charge in [0.05, 0.1) is 12.6 Å². The highest BCUT2D eigenvalue weighted by Gasteiger charge is 2.41. The predicted molar refractivity (Wildman–Crippen MR) is 60.6 cm³/mol. The summed E-state index contributed by atoms with van der Waals surface area (Å²) >= 11 is 0. The van der Waals surface area contributed by atoms with Gasteiger partial charge < -0.3 is 10.2 Å². The standard InChI is InChI=1S/C12H19N3O/c13-6-5-12(3-4-12)10-14-9-11(16)15-7-1-2-8-15/h14H,1-5,7-10H2. The first-order chi connectivity index (χ1) is 7.76. The van der Waals surface area contributed by atoms with E-state index >= 15 is 0 Å². The van der Waals surface area contributed by atoms with Gasteiger partial charge in [0.15, 0.2) is 0 Å². The van der Waals surface area contributed by atoms with Gasteiger partial charge in [0, 0.05) is 26.1 Å². The van der Waals surface area contributed by atoms with Crippen molar-refractivity contribution in [1.82, 2.24) is 10.2 Å². The molecule has 0 aromatic carbocycles. The molecule has 16 heavy (non-hydrogen) atoms. The van der Waals surface area contributed by atoms with Crippen molar-refractivity contribution in [2.45, 2.75) is 32.1 Å². The zero-order chi connectivity index (χ0) is 11.4. The van der Waals surface area contributed by atoms with Crippen LogP contribution in [0.5, 0.6) is 0 Å². The number of hydrogen-bond donors (Lipinski definition) is 1. The van der Waals surface area contributed by atoms with E-state index in [0.717, 1.165) is 45.3 Å². The van der Waals surface area contributed by atoms with E-state index in [2.05, 4.69) is 11.4 Å². The van der Waals surface area contributed by atoms with E-state index in [4.69, 9.17) is 5.26 Å². The molecule has 1 N–H and O–H groups in total. The second-order valence-corrected chi connectivity index (χ2v) is 5.03. The molecule has 0 spiro atoms. The summed E-state index contributed by atoms with van der Waals surface area (Å²) in [6, 6.07) is 2.23. The third-order valence-electron chi connectivity index (χ3n) is 3.65. The summed E-state index contributed by atoms with van der Waals surface area (Å²) in [6.45, 7) is 3.10. The van der Waals surface area contributed by atoms with Gasteiger partial charge in [0.25, 0.3) is 0 Å². The van der Waals surface area contributed by atoms with Crippen molar-refractivity contribution in [2.24, 2.45) is 5.41 Å². The van der Waals surface area contributed by atoms with E-state index in [1.807, 2.05) is 4.90 Å². The fourth-order valence-corrected chi connectivity index (χ4v) is 2.27. The van der Waals surface area contributed by atoms with E-state index in [-0.39, 0.29) is 11.3 Å². The van der Waals surface area contributed by atoms with Crippen LogP contribution in [0.1, 0.15) is 32.1 Å². The molecule has 0 atom stereocenters. The third-order valence-corrected chi connectivity index (χ3v) is 3.65. The van der Waals surface area contributed by atoms with Crippen LogP contribution in [-0.2, 0) is 4.79 Å². The summed E-state index contributed by atoms with van der Waals surface area (Å²) < 4.78 is 0. The molecule has 2 fully saturated rings. The van der Waals surface area contributed by atoms with Crippen molar-refractivity contribution in [3.05, 3.63) is 0 Å². The lowest BCUT2D eigenvalue weighted by Gasteiger charge is -2.17. The molecule has 4 nitrogen and oxygen atoms in total. The molecule has 0 radical (unpaired) electrons. The number of likely N-dealkylation sites (tertiary alicyclic amines) is 1. The van der Waals surface area contributed by atoms with Crippen LogP contribution in [0.2, 0.25) is 0 Å². The van der Waals surface area contributed by atoms with Crippen LogP contribution in [0.3, 0.4) is 0 Å². The molecule has 0 aromatic heterocycles. The topological polar surface area (TPSA) is 56.1 Å². The number of carbonyl (C=O) groups is 1. The Hall–Kier alpha value is -1.08. The first-order valence-electron chi connectivity index (χ1n) is 6.11. The van der Waals surface area contributed by atoms with Gasteiger partial charge >= 0.3 is 0 Å². The lowest BCUT2D eigenvalue weighted by Crippen LogP contribution is -2.38. The third kappa shape index (κ3) is 2.73. The molecule has 2 aliphatic rings. The van der Waals surface area contributed by atoms with Gasteiger partial charge in [-0.2, -0.15) is 5.26 Å². The Bertz CT molecular complexity index is 298. The van der Waals surface area contributed by atoms with Gasteiger partial charge in [0.1, 0.15) is 0 Å². The quantitative estimate of drug-likeness (QED) is 0.750. The number of hydrogen-bond acceptors (Lipinski definition) is 3. The number of rotatable bonds is 5. The zero-order valence-corrected chi connectivity index (χ0v) is 9.67. The molecule has 1 aliphatic carbocycles. The average molecular weight is 221 g/mol. The van der Waals surface area contributed by atoms with Crippen molar-refractivity contribution in [3.63, 3.8) is 0 Å². The Morgan fingerprint density at radius 2 is 2.06 bits per heavy atom. The van der Waals surface area contributed by atoms with Gasteiger partial charge in [-0.1, -0.05) is 0 Å². The van der Waals surface area contributed by atoms with Crippen LogP contribution in [-0.4, -0.2) is 37.0 Å². The summed E-state index contributed by atoms with van der Waals surface area (Å²) in [5.41, 5.74) is 0.194. The first-order valence-corrected chi connectivity index (χ1v) is 6.11. The second-order valence-electron chi connectivity index (χ2n) is 5.03. The van der Waals surface area contributed by atoms with Gasteiger partial charge in [-0.3, -0.25) is 4.79 Å². The number of nitrogens with zero attached hydrogens (tertiary/aromatic N) is 2. The molecule has 1 heterocycles. The van der Waals surface area contributed by atoms with Crippen LogP contribution in [0, 0.1) is 16.7 Å². The highest BCUT2D eigenvalue weighted by atomic mass is 16.2. The van der Waals surface area contributed by atoms with E-state index in [9.17, 15) is 4.79 Å². The van der Waals surface area contributed by atoms with E-state index < -0.39 is 0 Å². The Kier molecular flexibility index (Phi) is 3.45. The number of amides is 1. The molecule has 1 saturated carbocycles. The second kappa shape index (κ2) is 4.84. The number of nitriles is 1. The number of carbonyl (C=O) groups excluding carboxylic acids is 1. The van der Waals surface area contributed by atoms with E-state index in [0.29, 0.717) is 13.0 Å². The minimum atomic E-state index is 0.194. The maximum absolute atomic E-state index is 11.7. The Morgan fingerprint density at radius 3 is 2.62 bits per heavy atom. The SMILES string of the molecule is N#CCC1(CNCC(=O)N2CCCC2)CC1. The van der Waals surface area contributed by atoms with Gasteiger partial charge in [-0.05, 0) is 31.1 Å². The molecular formula is C12H19N3O. The summed E-state index contributed by atoms with van der Waals surface area (Å²) in [5.74, 6) is 0.213. The van der Waals surface area contributed by atoms with Gasteiger partial charge in [0.2, 0.25) is 5.91 Å². The molecule has 4 heteroatoms. The highest BCUT2D eigenvalue weighted by Crippen LogP contribution is 2.47. The summed E-state index contributed by atoms with van der Waals surface area (Å²) in [5, 5.41) is 11.9. The van der Waals surface area contributed by atoms with E-state index in [1.165, 1.54) is 0 Å². The largest absolute Gasteiger partial charge is 0.342 e. The van der Waals surface area contributed by atoms with E-state index in [1.54, 1.807) is 0 Å². The maximum Gasteiger partial charge on any atom is 0.236 e. The minimum absolute atomic E-state index is 0.194. The van der Waals surface area contributed by atoms with Crippen molar-refractivity contribution in [2.75, 3.05) is 26.2 Å². The van der Waals surface area contributed by atoms with Crippen molar-refractivity contribution >= 4 is 5.91 Å². The van der Waals surface area contributed by atoms with Crippen LogP contribution in [0.25, 0.3) is 0 Å². The molecule has 0 bridgehead atoms. The number of nitrogens with one attached hydrogen (secondary N) is 1. The monoisotopic (exact) mass is 221 g/mol. The Labute approximate surface area is 96.6 Å². The molecule has 1 aliphatic heterocycles. The summed E-state index contributed by atoms with van der Waals surface area (Å²) in [4.78, 5) is 13.6.